The van der Waals surface area contributed by atoms with Gasteiger partial charge in [-0.15, -0.1) is 0 Å². The van der Waals surface area contributed by atoms with Gasteiger partial charge in [-0.3, -0.25) is 0 Å². The summed E-state index contributed by atoms with van der Waals surface area (Å²) in [6.07, 6.45) is 5.58. The van der Waals surface area contributed by atoms with Gasteiger partial charge in [0.25, 0.3) is 0 Å². The van der Waals surface area contributed by atoms with Crippen molar-refractivity contribution in [3.63, 3.8) is 0 Å². The Morgan fingerprint density at radius 1 is 1.33 bits per heavy atom. The third-order valence-corrected chi connectivity index (χ3v) is 4.71. The van der Waals surface area contributed by atoms with Crippen molar-refractivity contribution in [2.24, 2.45) is 5.73 Å². The summed E-state index contributed by atoms with van der Waals surface area (Å²) in [4.78, 5) is 0. The Kier molecular flexibility index (Phi) is 3.04. The summed E-state index contributed by atoms with van der Waals surface area (Å²) >= 11 is 3.60. The number of benzene rings is 1. The molecule has 1 heterocycles. The SMILES string of the molecule is Cc1c(Br)cccc1-n1ccc2c1CCCC2N. The summed E-state index contributed by atoms with van der Waals surface area (Å²) < 4.78 is 3.46. The van der Waals surface area contributed by atoms with Gasteiger partial charge in [0.1, 0.15) is 0 Å². The Balaban J connectivity index is 2.16. The lowest BCUT2D eigenvalue weighted by molar-refractivity contribution is 0.560. The Hall–Kier alpha value is -1.06. The molecule has 3 rings (SSSR count). The second kappa shape index (κ2) is 4.56. The predicted octanol–water partition coefficient (Wildman–Crippen LogP) is 3.88. The predicted molar refractivity (Wildman–Crippen MR) is 78.1 cm³/mol. The quantitative estimate of drug-likeness (QED) is 0.851. The monoisotopic (exact) mass is 304 g/mol. The third kappa shape index (κ3) is 1.82. The van der Waals surface area contributed by atoms with E-state index in [9.17, 15) is 0 Å². The summed E-state index contributed by atoms with van der Waals surface area (Å²) in [7, 11) is 0. The maximum absolute atomic E-state index is 6.18. The van der Waals surface area contributed by atoms with Crippen molar-refractivity contribution in [1.82, 2.24) is 4.57 Å². The average Bonchev–Trinajstić information content (AvgIpc) is 2.78. The largest absolute Gasteiger partial charge is 0.324 e. The molecule has 0 radical (unpaired) electrons. The first kappa shape index (κ1) is 12.0. The normalized spacial score (nSPS) is 18.7. The zero-order chi connectivity index (χ0) is 12.7. The highest BCUT2D eigenvalue weighted by Crippen LogP contribution is 2.32. The van der Waals surface area contributed by atoms with E-state index in [2.05, 4.69) is 57.9 Å². The van der Waals surface area contributed by atoms with Gasteiger partial charge in [0.15, 0.2) is 0 Å². The van der Waals surface area contributed by atoms with E-state index in [0.717, 1.165) is 17.3 Å². The minimum Gasteiger partial charge on any atom is -0.324 e. The van der Waals surface area contributed by atoms with Gasteiger partial charge in [-0.2, -0.15) is 0 Å². The van der Waals surface area contributed by atoms with Crippen molar-refractivity contribution in [2.75, 3.05) is 0 Å². The third-order valence-electron chi connectivity index (χ3n) is 3.85. The van der Waals surface area contributed by atoms with Gasteiger partial charge < -0.3 is 10.3 Å². The Morgan fingerprint density at radius 2 is 2.17 bits per heavy atom. The van der Waals surface area contributed by atoms with Crippen molar-refractivity contribution < 1.29 is 0 Å². The molecular formula is C15H17BrN2. The van der Waals surface area contributed by atoms with Crippen LogP contribution in [0.5, 0.6) is 0 Å². The smallest absolute Gasteiger partial charge is 0.0492 e. The van der Waals surface area contributed by atoms with Crippen molar-refractivity contribution in [2.45, 2.75) is 32.2 Å². The number of nitrogens with two attached hydrogens (primary N) is 1. The molecule has 18 heavy (non-hydrogen) atoms. The lowest BCUT2D eigenvalue weighted by Crippen LogP contribution is -2.18. The number of rotatable bonds is 1. The number of hydrogen-bond donors (Lipinski definition) is 1. The molecule has 3 heteroatoms. The number of hydrogen-bond acceptors (Lipinski definition) is 1. The fraction of sp³-hybridized carbons (Fsp3) is 0.333. The van der Waals surface area contributed by atoms with Gasteiger partial charge in [0.2, 0.25) is 0 Å². The zero-order valence-corrected chi connectivity index (χ0v) is 12.1. The van der Waals surface area contributed by atoms with Gasteiger partial charge in [0, 0.05) is 28.1 Å². The molecule has 0 fully saturated rings. The molecule has 1 aliphatic rings. The van der Waals surface area contributed by atoms with Gasteiger partial charge in [-0.25, -0.2) is 0 Å². The number of aromatic nitrogens is 1. The maximum atomic E-state index is 6.18. The molecule has 1 atom stereocenters. The minimum absolute atomic E-state index is 0.211. The minimum atomic E-state index is 0.211. The highest BCUT2D eigenvalue weighted by atomic mass is 79.9. The Bertz CT molecular complexity index is 586. The molecule has 0 bridgehead atoms. The number of halogens is 1. The molecule has 2 N–H and O–H groups in total. The van der Waals surface area contributed by atoms with Crippen LogP contribution in [0.15, 0.2) is 34.9 Å². The van der Waals surface area contributed by atoms with Crippen molar-refractivity contribution in [3.8, 4) is 5.69 Å². The van der Waals surface area contributed by atoms with Crippen LogP contribution in [0.2, 0.25) is 0 Å². The number of fused-ring (bicyclic) bond motifs is 1. The van der Waals surface area contributed by atoms with Gasteiger partial charge in [-0.1, -0.05) is 22.0 Å². The second-order valence-corrected chi connectivity index (χ2v) is 5.82. The molecule has 0 spiro atoms. The van der Waals surface area contributed by atoms with Crippen molar-refractivity contribution in [3.05, 3.63) is 51.8 Å². The highest BCUT2D eigenvalue weighted by Gasteiger charge is 2.21. The Morgan fingerprint density at radius 3 is 3.00 bits per heavy atom. The molecule has 94 valence electrons. The van der Waals surface area contributed by atoms with Gasteiger partial charge >= 0.3 is 0 Å². The lowest BCUT2D eigenvalue weighted by atomic mass is 9.93. The van der Waals surface area contributed by atoms with Crippen LogP contribution >= 0.6 is 15.9 Å². The van der Waals surface area contributed by atoms with Crippen LogP contribution in [0.1, 0.15) is 35.7 Å². The first-order valence-corrected chi connectivity index (χ1v) is 7.19. The number of nitrogens with zero attached hydrogens (tertiary/aromatic N) is 1. The molecule has 0 saturated carbocycles. The van der Waals surface area contributed by atoms with Gasteiger partial charge in [-0.05, 0) is 55.5 Å². The molecule has 0 amide bonds. The highest BCUT2D eigenvalue weighted by molar-refractivity contribution is 9.10. The van der Waals surface area contributed by atoms with Crippen LogP contribution < -0.4 is 5.73 Å². The van der Waals surface area contributed by atoms with Crippen LogP contribution in [0.3, 0.4) is 0 Å². The topological polar surface area (TPSA) is 30.9 Å². The van der Waals surface area contributed by atoms with Crippen LogP contribution in [0, 0.1) is 6.92 Å². The molecule has 2 aromatic rings. The summed E-state index contributed by atoms with van der Waals surface area (Å²) in [5.74, 6) is 0. The second-order valence-electron chi connectivity index (χ2n) is 4.97. The first-order chi connectivity index (χ1) is 8.68. The molecule has 1 aromatic heterocycles. The van der Waals surface area contributed by atoms with E-state index in [0.29, 0.717) is 0 Å². The fourth-order valence-electron chi connectivity index (χ4n) is 2.81. The fourth-order valence-corrected chi connectivity index (χ4v) is 3.17. The van der Waals surface area contributed by atoms with Crippen LogP contribution in [-0.2, 0) is 6.42 Å². The van der Waals surface area contributed by atoms with Crippen molar-refractivity contribution >= 4 is 15.9 Å². The van der Waals surface area contributed by atoms with E-state index in [1.165, 1.54) is 28.9 Å². The summed E-state index contributed by atoms with van der Waals surface area (Å²) in [5.41, 5.74) is 11.4. The van der Waals surface area contributed by atoms with E-state index < -0.39 is 0 Å². The van der Waals surface area contributed by atoms with Crippen molar-refractivity contribution in [1.29, 1.82) is 0 Å². The lowest BCUT2D eigenvalue weighted by Gasteiger charge is -2.21. The standard InChI is InChI=1S/C15H17BrN2/c1-10-12(16)4-2-6-14(10)18-9-8-11-13(17)5-3-7-15(11)18/h2,4,6,8-9,13H,3,5,7,17H2,1H3. The van der Waals surface area contributed by atoms with Crippen LogP contribution in [0.25, 0.3) is 5.69 Å². The molecule has 1 aliphatic carbocycles. The first-order valence-electron chi connectivity index (χ1n) is 6.39. The van der Waals surface area contributed by atoms with Crippen LogP contribution in [-0.4, -0.2) is 4.57 Å². The maximum Gasteiger partial charge on any atom is 0.0492 e. The molecular weight excluding hydrogens is 288 g/mol. The average molecular weight is 305 g/mol. The van der Waals surface area contributed by atoms with E-state index in [1.54, 1.807) is 0 Å². The van der Waals surface area contributed by atoms with E-state index in [1.807, 2.05) is 0 Å². The van der Waals surface area contributed by atoms with E-state index in [4.69, 9.17) is 5.73 Å². The molecule has 1 aromatic carbocycles. The molecule has 0 saturated heterocycles. The summed E-state index contributed by atoms with van der Waals surface area (Å²) in [6, 6.07) is 8.73. The van der Waals surface area contributed by atoms with E-state index in [-0.39, 0.29) is 6.04 Å². The molecule has 0 aliphatic heterocycles. The van der Waals surface area contributed by atoms with Gasteiger partial charge in [0.05, 0.1) is 0 Å². The van der Waals surface area contributed by atoms with Crippen LogP contribution in [0.4, 0.5) is 0 Å². The zero-order valence-electron chi connectivity index (χ0n) is 10.5. The molecule has 2 nitrogen and oxygen atoms in total. The summed E-state index contributed by atoms with van der Waals surface area (Å²) in [6.45, 7) is 2.15. The van der Waals surface area contributed by atoms with E-state index >= 15 is 0 Å². The Labute approximate surface area is 116 Å². The summed E-state index contributed by atoms with van der Waals surface area (Å²) in [5, 5.41) is 0. The molecule has 1 unspecified atom stereocenters.